The molecule has 116 valence electrons. The van der Waals surface area contributed by atoms with E-state index in [9.17, 15) is 9.59 Å². The number of aliphatic hydroxyl groups is 1. The van der Waals surface area contributed by atoms with Crippen LogP contribution in [0.15, 0.2) is 0 Å². The van der Waals surface area contributed by atoms with Crippen LogP contribution in [-0.4, -0.2) is 52.3 Å². The number of urea groups is 1. The van der Waals surface area contributed by atoms with Gasteiger partial charge in [0.1, 0.15) is 0 Å². The number of nitrogens with one attached hydrogen (secondary N) is 1. The molecule has 6 heteroatoms. The molecule has 6 nitrogen and oxygen atoms in total. The molecule has 0 aliphatic carbocycles. The Kier molecular flexibility index (Phi) is 6.26. The molecule has 0 aromatic carbocycles. The number of carboxylic acid groups (broad SMARTS) is 1. The van der Waals surface area contributed by atoms with Gasteiger partial charge in [0.25, 0.3) is 0 Å². The van der Waals surface area contributed by atoms with Crippen LogP contribution in [0, 0.1) is 5.92 Å². The van der Waals surface area contributed by atoms with Gasteiger partial charge in [-0.25, -0.2) is 4.79 Å². The molecule has 1 unspecified atom stereocenters. The number of carboxylic acids is 1. The summed E-state index contributed by atoms with van der Waals surface area (Å²) in [5.74, 6) is -0.491. The van der Waals surface area contributed by atoms with Crippen molar-refractivity contribution in [2.75, 3.05) is 19.7 Å². The summed E-state index contributed by atoms with van der Waals surface area (Å²) in [4.78, 5) is 24.6. The van der Waals surface area contributed by atoms with Crippen molar-refractivity contribution in [2.45, 2.75) is 51.5 Å². The number of aliphatic carboxylic acids is 1. The summed E-state index contributed by atoms with van der Waals surface area (Å²) in [6.07, 6.45) is 3.18. The molecule has 1 heterocycles. The average Bonchev–Trinajstić information content (AvgIpc) is 2.37. The number of rotatable bonds is 6. The van der Waals surface area contributed by atoms with Gasteiger partial charge in [-0.2, -0.15) is 0 Å². The average molecular weight is 286 g/mol. The van der Waals surface area contributed by atoms with E-state index >= 15 is 0 Å². The van der Waals surface area contributed by atoms with E-state index in [2.05, 4.69) is 5.32 Å². The van der Waals surface area contributed by atoms with Crippen molar-refractivity contribution in [3.05, 3.63) is 0 Å². The summed E-state index contributed by atoms with van der Waals surface area (Å²) in [6, 6.07) is -0.136. The van der Waals surface area contributed by atoms with E-state index in [4.69, 9.17) is 10.2 Å². The predicted octanol–water partition coefficient (Wildman–Crippen LogP) is 1.43. The van der Waals surface area contributed by atoms with Crippen LogP contribution in [0.3, 0.4) is 0 Å². The minimum atomic E-state index is -0.853. The third-order valence-corrected chi connectivity index (χ3v) is 3.75. The van der Waals surface area contributed by atoms with Gasteiger partial charge < -0.3 is 20.4 Å². The summed E-state index contributed by atoms with van der Waals surface area (Å²) in [6.45, 7) is 5.22. The molecule has 20 heavy (non-hydrogen) atoms. The molecule has 0 radical (unpaired) electrons. The van der Waals surface area contributed by atoms with Gasteiger partial charge in [0.15, 0.2) is 0 Å². The Bertz CT molecular complexity index is 342. The Morgan fingerprint density at radius 3 is 2.70 bits per heavy atom. The quantitative estimate of drug-likeness (QED) is 0.689. The molecular formula is C14H26N2O4. The summed E-state index contributed by atoms with van der Waals surface area (Å²) >= 11 is 0. The monoisotopic (exact) mass is 286 g/mol. The zero-order chi connectivity index (χ0) is 15.2. The maximum absolute atomic E-state index is 12.2. The Morgan fingerprint density at radius 2 is 2.10 bits per heavy atom. The Morgan fingerprint density at radius 1 is 1.40 bits per heavy atom. The molecule has 0 spiro atoms. The Labute approximate surface area is 120 Å². The summed E-state index contributed by atoms with van der Waals surface area (Å²) in [7, 11) is 0. The van der Waals surface area contributed by atoms with E-state index in [1.165, 1.54) is 0 Å². The first-order chi connectivity index (χ1) is 9.34. The van der Waals surface area contributed by atoms with Gasteiger partial charge >= 0.3 is 12.0 Å². The van der Waals surface area contributed by atoms with Crippen LogP contribution in [0.5, 0.6) is 0 Å². The van der Waals surface area contributed by atoms with Crippen LogP contribution in [0.2, 0.25) is 0 Å². The van der Waals surface area contributed by atoms with Crippen molar-refractivity contribution in [3.8, 4) is 0 Å². The van der Waals surface area contributed by atoms with E-state index in [1.54, 1.807) is 4.90 Å². The standard InChI is InChI=1S/C14H26N2O4/c1-14(2,7-5-12(18)19)15-13(20)16-8-3-4-11(10-16)6-9-17/h11,17H,3-10H2,1-2H3,(H,15,20)(H,18,19). The summed E-state index contributed by atoms with van der Waals surface area (Å²) in [5, 5.41) is 20.6. The number of hydrogen-bond acceptors (Lipinski definition) is 3. The number of amides is 2. The number of aliphatic hydroxyl groups excluding tert-OH is 1. The zero-order valence-corrected chi connectivity index (χ0v) is 12.4. The van der Waals surface area contributed by atoms with Crippen molar-refractivity contribution >= 4 is 12.0 Å². The smallest absolute Gasteiger partial charge is 0.317 e. The first-order valence-corrected chi connectivity index (χ1v) is 7.24. The van der Waals surface area contributed by atoms with Crippen LogP contribution in [0.4, 0.5) is 4.79 Å². The molecule has 1 aliphatic rings. The van der Waals surface area contributed by atoms with Crippen molar-refractivity contribution in [3.63, 3.8) is 0 Å². The molecule has 0 aromatic heterocycles. The molecule has 1 saturated heterocycles. The van der Waals surface area contributed by atoms with Crippen molar-refractivity contribution in [1.82, 2.24) is 10.2 Å². The lowest BCUT2D eigenvalue weighted by Crippen LogP contribution is -2.52. The second-order valence-electron chi connectivity index (χ2n) is 6.17. The fourth-order valence-electron chi connectivity index (χ4n) is 2.52. The van der Waals surface area contributed by atoms with Gasteiger partial charge in [0, 0.05) is 31.7 Å². The van der Waals surface area contributed by atoms with Gasteiger partial charge in [0.05, 0.1) is 0 Å². The molecule has 1 aliphatic heterocycles. The molecule has 1 fully saturated rings. The van der Waals surface area contributed by atoms with Crippen LogP contribution < -0.4 is 5.32 Å². The minimum Gasteiger partial charge on any atom is -0.481 e. The topological polar surface area (TPSA) is 89.9 Å². The highest BCUT2D eigenvalue weighted by Crippen LogP contribution is 2.20. The van der Waals surface area contributed by atoms with Gasteiger partial charge in [-0.05, 0) is 45.4 Å². The molecule has 1 rings (SSSR count). The second kappa shape index (κ2) is 7.47. The molecule has 1 atom stereocenters. The molecule has 0 saturated carbocycles. The van der Waals surface area contributed by atoms with E-state index in [0.717, 1.165) is 25.8 Å². The van der Waals surface area contributed by atoms with E-state index in [-0.39, 0.29) is 19.1 Å². The fourth-order valence-corrected chi connectivity index (χ4v) is 2.52. The van der Waals surface area contributed by atoms with E-state index in [0.29, 0.717) is 18.9 Å². The highest BCUT2D eigenvalue weighted by atomic mass is 16.4. The number of hydrogen-bond donors (Lipinski definition) is 3. The number of carbonyl (C=O) groups excluding carboxylic acids is 1. The van der Waals surface area contributed by atoms with E-state index < -0.39 is 11.5 Å². The first kappa shape index (κ1) is 16.8. The SMILES string of the molecule is CC(C)(CCC(=O)O)NC(=O)N1CCCC(CCO)C1. The molecule has 3 N–H and O–H groups in total. The predicted molar refractivity (Wildman–Crippen MR) is 75.5 cm³/mol. The molecular weight excluding hydrogens is 260 g/mol. The summed E-state index contributed by atoms with van der Waals surface area (Å²) < 4.78 is 0. The third-order valence-electron chi connectivity index (χ3n) is 3.75. The van der Waals surface area contributed by atoms with Gasteiger partial charge in [0.2, 0.25) is 0 Å². The van der Waals surface area contributed by atoms with Crippen molar-refractivity contribution in [2.24, 2.45) is 5.92 Å². The number of carbonyl (C=O) groups is 2. The summed E-state index contributed by atoms with van der Waals surface area (Å²) in [5.41, 5.74) is -0.528. The largest absolute Gasteiger partial charge is 0.481 e. The molecule has 0 aromatic rings. The van der Waals surface area contributed by atoms with Crippen LogP contribution in [-0.2, 0) is 4.79 Å². The maximum atomic E-state index is 12.2. The van der Waals surface area contributed by atoms with Crippen LogP contribution >= 0.6 is 0 Å². The van der Waals surface area contributed by atoms with E-state index in [1.807, 2.05) is 13.8 Å². The van der Waals surface area contributed by atoms with Crippen molar-refractivity contribution in [1.29, 1.82) is 0 Å². The first-order valence-electron chi connectivity index (χ1n) is 7.24. The Hall–Kier alpha value is -1.30. The van der Waals surface area contributed by atoms with Gasteiger partial charge in [-0.3, -0.25) is 4.79 Å². The lowest BCUT2D eigenvalue weighted by atomic mass is 9.95. The number of likely N-dealkylation sites (tertiary alicyclic amines) is 1. The number of nitrogens with zero attached hydrogens (tertiary/aromatic N) is 1. The number of piperidine rings is 1. The van der Waals surface area contributed by atoms with Crippen molar-refractivity contribution < 1.29 is 19.8 Å². The fraction of sp³-hybridized carbons (Fsp3) is 0.857. The minimum absolute atomic E-state index is 0.0421. The second-order valence-corrected chi connectivity index (χ2v) is 6.17. The van der Waals surface area contributed by atoms with Crippen LogP contribution in [0.25, 0.3) is 0 Å². The highest BCUT2D eigenvalue weighted by molar-refractivity contribution is 5.75. The van der Waals surface area contributed by atoms with Gasteiger partial charge in [-0.1, -0.05) is 0 Å². The molecule has 0 bridgehead atoms. The lowest BCUT2D eigenvalue weighted by molar-refractivity contribution is -0.137. The normalized spacial score (nSPS) is 19.8. The highest BCUT2D eigenvalue weighted by Gasteiger charge is 2.27. The van der Waals surface area contributed by atoms with Gasteiger partial charge in [-0.15, -0.1) is 0 Å². The lowest BCUT2D eigenvalue weighted by Gasteiger charge is -2.35. The zero-order valence-electron chi connectivity index (χ0n) is 12.4. The molecule has 2 amide bonds. The van der Waals surface area contributed by atoms with Crippen LogP contribution in [0.1, 0.15) is 46.0 Å². The third kappa shape index (κ3) is 5.77. The Balaban J connectivity index is 2.46. The maximum Gasteiger partial charge on any atom is 0.317 e.